The van der Waals surface area contributed by atoms with Gasteiger partial charge in [0.25, 0.3) is 15.9 Å². The van der Waals surface area contributed by atoms with Crippen molar-refractivity contribution in [2.45, 2.75) is 32.2 Å². The summed E-state index contributed by atoms with van der Waals surface area (Å²) in [4.78, 5) is 12.8. The fourth-order valence-electron chi connectivity index (χ4n) is 3.02. The Morgan fingerprint density at radius 2 is 1.62 bits per heavy atom. The van der Waals surface area contributed by atoms with Gasteiger partial charge in [-0.05, 0) is 67.3 Å². The predicted octanol–water partition coefficient (Wildman–Crippen LogP) is 4.34. The summed E-state index contributed by atoms with van der Waals surface area (Å²) in [6, 6.07) is 19.6. The van der Waals surface area contributed by atoms with E-state index in [0.29, 0.717) is 23.4 Å². The summed E-state index contributed by atoms with van der Waals surface area (Å²) >= 11 is 0. The van der Waals surface area contributed by atoms with Crippen molar-refractivity contribution in [3.8, 4) is 0 Å². The summed E-state index contributed by atoms with van der Waals surface area (Å²) in [5, 5.41) is 2.88. The van der Waals surface area contributed by atoms with E-state index < -0.39 is 10.0 Å². The molecule has 150 valence electrons. The summed E-state index contributed by atoms with van der Waals surface area (Å²) in [5.74, 6) is -0.263. The molecule has 3 rings (SSSR count). The van der Waals surface area contributed by atoms with Gasteiger partial charge >= 0.3 is 0 Å². The van der Waals surface area contributed by atoms with Gasteiger partial charge in [0.15, 0.2) is 0 Å². The molecule has 2 N–H and O–H groups in total. The highest BCUT2D eigenvalue weighted by molar-refractivity contribution is 7.92. The molecule has 0 bridgehead atoms. The van der Waals surface area contributed by atoms with Crippen LogP contribution in [0, 0.1) is 20.8 Å². The van der Waals surface area contributed by atoms with Crippen LogP contribution in [0.15, 0.2) is 71.6 Å². The highest BCUT2D eigenvalue weighted by Gasteiger charge is 2.18. The Kier molecular flexibility index (Phi) is 6.03. The van der Waals surface area contributed by atoms with Crippen molar-refractivity contribution >= 4 is 21.6 Å². The van der Waals surface area contributed by atoms with Crippen LogP contribution in [0.5, 0.6) is 0 Å². The molecular formula is C23H24N2O3S. The zero-order valence-corrected chi connectivity index (χ0v) is 17.5. The Bertz CT molecular complexity index is 1150. The van der Waals surface area contributed by atoms with E-state index in [4.69, 9.17) is 0 Å². The van der Waals surface area contributed by atoms with Gasteiger partial charge in [0.05, 0.1) is 4.90 Å². The van der Waals surface area contributed by atoms with Gasteiger partial charge < -0.3 is 5.32 Å². The third kappa shape index (κ3) is 5.03. The lowest BCUT2D eigenvalue weighted by atomic mass is 10.1. The number of anilines is 1. The normalized spacial score (nSPS) is 11.1. The molecule has 0 saturated heterocycles. The van der Waals surface area contributed by atoms with Crippen molar-refractivity contribution in [3.63, 3.8) is 0 Å². The van der Waals surface area contributed by atoms with Crippen LogP contribution in [0.25, 0.3) is 0 Å². The van der Waals surface area contributed by atoms with E-state index in [2.05, 4.69) is 10.0 Å². The second kappa shape index (κ2) is 8.49. The molecule has 0 aliphatic rings. The first-order valence-corrected chi connectivity index (χ1v) is 10.8. The number of amides is 1. The number of carbonyl (C=O) groups is 1. The van der Waals surface area contributed by atoms with Crippen LogP contribution in [0.3, 0.4) is 0 Å². The molecule has 1 amide bonds. The number of hydrogen-bond donors (Lipinski definition) is 2. The van der Waals surface area contributed by atoms with Gasteiger partial charge in [-0.1, -0.05) is 42.5 Å². The van der Waals surface area contributed by atoms with Crippen molar-refractivity contribution in [2.24, 2.45) is 0 Å². The highest BCUT2D eigenvalue weighted by Crippen LogP contribution is 2.21. The standard InChI is InChI=1S/C23H24N2O3S/c1-16-11-12-18(3)22(13-16)29(27,28)25-21-10-6-9-19(14-21)23(26)24-15-20-8-5-4-7-17(20)2/h4-14,25H,15H2,1-3H3,(H,24,26). The first-order valence-electron chi connectivity index (χ1n) is 9.29. The van der Waals surface area contributed by atoms with Gasteiger partial charge in [-0.25, -0.2) is 8.42 Å². The van der Waals surface area contributed by atoms with Gasteiger partial charge in [-0.2, -0.15) is 0 Å². The van der Waals surface area contributed by atoms with Crippen molar-refractivity contribution < 1.29 is 13.2 Å². The van der Waals surface area contributed by atoms with Gasteiger partial charge in [-0.15, -0.1) is 0 Å². The van der Waals surface area contributed by atoms with Crippen LogP contribution in [0.4, 0.5) is 5.69 Å². The molecule has 0 unspecified atom stereocenters. The summed E-state index contributed by atoms with van der Waals surface area (Å²) in [7, 11) is -3.75. The second-order valence-electron chi connectivity index (χ2n) is 7.06. The minimum Gasteiger partial charge on any atom is -0.348 e. The maximum absolute atomic E-state index is 12.8. The topological polar surface area (TPSA) is 75.3 Å². The number of aryl methyl sites for hydroxylation is 3. The number of rotatable bonds is 6. The van der Waals surface area contributed by atoms with Gasteiger partial charge in [-0.3, -0.25) is 9.52 Å². The molecule has 0 aliphatic heterocycles. The van der Waals surface area contributed by atoms with Gasteiger partial charge in [0.2, 0.25) is 0 Å². The zero-order valence-electron chi connectivity index (χ0n) is 16.7. The van der Waals surface area contributed by atoms with E-state index in [0.717, 1.165) is 16.7 Å². The second-order valence-corrected chi connectivity index (χ2v) is 8.72. The Labute approximate surface area is 171 Å². The lowest BCUT2D eigenvalue weighted by molar-refractivity contribution is 0.0951. The van der Waals surface area contributed by atoms with E-state index in [-0.39, 0.29) is 10.8 Å². The minimum atomic E-state index is -3.75. The fraction of sp³-hybridized carbons (Fsp3) is 0.174. The Morgan fingerprint density at radius 1 is 0.862 bits per heavy atom. The maximum Gasteiger partial charge on any atom is 0.262 e. The van der Waals surface area contributed by atoms with Crippen LogP contribution in [-0.2, 0) is 16.6 Å². The first-order chi connectivity index (χ1) is 13.8. The molecule has 0 heterocycles. The van der Waals surface area contributed by atoms with Crippen molar-refractivity contribution in [1.29, 1.82) is 0 Å². The molecule has 6 heteroatoms. The largest absolute Gasteiger partial charge is 0.348 e. The predicted molar refractivity (Wildman–Crippen MR) is 116 cm³/mol. The fourth-order valence-corrected chi connectivity index (χ4v) is 4.40. The molecule has 0 aliphatic carbocycles. The van der Waals surface area contributed by atoms with Crippen molar-refractivity contribution in [3.05, 3.63) is 94.5 Å². The average Bonchev–Trinajstić information content (AvgIpc) is 2.68. The quantitative estimate of drug-likeness (QED) is 0.637. The van der Waals surface area contributed by atoms with Gasteiger partial charge in [0, 0.05) is 17.8 Å². The molecule has 0 aromatic heterocycles. The van der Waals surface area contributed by atoms with E-state index in [1.54, 1.807) is 37.3 Å². The van der Waals surface area contributed by atoms with Crippen molar-refractivity contribution in [2.75, 3.05) is 4.72 Å². The molecule has 29 heavy (non-hydrogen) atoms. The number of sulfonamides is 1. The summed E-state index contributed by atoms with van der Waals surface area (Å²) in [6.45, 7) is 6.00. The van der Waals surface area contributed by atoms with Crippen LogP contribution >= 0.6 is 0 Å². The molecule has 0 radical (unpaired) electrons. The zero-order chi connectivity index (χ0) is 21.0. The highest BCUT2D eigenvalue weighted by atomic mass is 32.2. The Hall–Kier alpha value is -3.12. The minimum absolute atomic E-state index is 0.229. The van der Waals surface area contributed by atoms with E-state index in [9.17, 15) is 13.2 Å². The van der Waals surface area contributed by atoms with E-state index in [1.165, 1.54) is 6.07 Å². The summed E-state index contributed by atoms with van der Waals surface area (Å²) in [6.07, 6.45) is 0. The van der Waals surface area contributed by atoms with Crippen LogP contribution in [0.1, 0.15) is 32.6 Å². The first kappa shape index (κ1) is 20.6. The Morgan fingerprint density at radius 3 is 2.38 bits per heavy atom. The molecule has 3 aromatic rings. The van der Waals surface area contributed by atoms with E-state index >= 15 is 0 Å². The summed E-state index contributed by atoms with van der Waals surface area (Å²) in [5.41, 5.74) is 4.39. The molecule has 0 fully saturated rings. The third-order valence-electron chi connectivity index (χ3n) is 4.71. The lowest BCUT2D eigenvalue weighted by Crippen LogP contribution is -2.23. The SMILES string of the molecule is Cc1ccc(C)c(S(=O)(=O)Nc2cccc(C(=O)NCc3ccccc3C)c2)c1. The molecule has 0 atom stereocenters. The number of carbonyl (C=O) groups excluding carboxylic acids is 1. The lowest BCUT2D eigenvalue weighted by Gasteiger charge is -2.12. The molecule has 0 spiro atoms. The smallest absolute Gasteiger partial charge is 0.262 e. The molecule has 5 nitrogen and oxygen atoms in total. The van der Waals surface area contributed by atoms with Crippen LogP contribution < -0.4 is 10.0 Å². The third-order valence-corrected chi connectivity index (χ3v) is 6.23. The van der Waals surface area contributed by atoms with E-state index in [1.807, 2.05) is 44.2 Å². The summed E-state index contributed by atoms with van der Waals surface area (Å²) < 4.78 is 28.2. The number of hydrogen-bond acceptors (Lipinski definition) is 3. The number of benzene rings is 3. The van der Waals surface area contributed by atoms with Crippen molar-refractivity contribution in [1.82, 2.24) is 5.32 Å². The monoisotopic (exact) mass is 408 g/mol. The van der Waals surface area contributed by atoms with Gasteiger partial charge in [0.1, 0.15) is 0 Å². The average molecular weight is 409 g/mol. The molecule has 0 saturated carbocycles. The van der Waals surface area contributed by atoms with Crippen LogP contribution in [0.2, 0.25) is 0 Å². The maximum atomic E-state index is 12.8. The number of nitrogens with one attached hydrogen (secondary N) is 2. The Balaban J connectivity index is 1.76. The molecular weight excluding hydrogens is 384 g/mol. The molecule has 3 aromatic carbocycles. The van der Waals surface area contributed by atoms with Crippen LogP contribution in [-0.4, -0.2) is 14.3 Å².